The third-order valence-corrected chi connectivity index (χ3v) is 3.26. The number of hydrogen-bond acceptors (Lipinski definition) is 2. The minimum absolute atomic E-state index is 0.217. The van der Waals surface area contributed by atoms with Gasteiger partial charge < -0.3 is 9.73 Å². The molecule has 0 bridgehead atoms. The average Bonchev–Trinajstić information content (AvgIpc) is 2.69. The first kappa shape index (κ1) is 12.9. The van der Waals surface area contributed by atoms with Gasteiger partial charge in [-0.3, -0.25) is 4.79 Å². The Kier molecular flexibility index (Phi) is 3.57. The van der Waals surface area contributed by atoms with Crippen LogP contribution in [0.4, 0.5) is 5.69 Å². The highest BCUT2D eigenvalue weighted by Crippen LogP contribution is 2.25. The number of rotatable bonds is 2. The van der Waals surface area contributed by atoms with Crippen LogP contribution >= 0.6 is 15.9 Å². The molecule has 1 aromatic heterocycles. The number of carbonyl (C=O) groups is 1. The molecule has 1 amide bonds. The van der Waals surface area contributed by atoms with Gasteiger partial charge in [0, 0.05) is 15.7 Å². The second-order valence-corrected chi connectivity index (χ2v) is 5.22. The number of anilines is 1. The summed E-state index contributed by atoms with van der Waals surface area (Å²) in [6, 6.07) is 5.71. The van der Waals surface area contributed by atoms with Crippen molar-refractivity contribution >= 4 is 27.5 Å². The zero-order valence-corrected chi connectivity index (χ0v) is 12.1. The Labute approximate surface area is 114 Å². The van der Waals surface area contributed by atoms with E-state index in [0.717, 1.165) is 26.9 Å². The van der Waals surface area contributed by atoms with E-state index >= 15 is 0 Å². The zero-order valence-electron chi connectivity index (χ0n) is 10.5. The lowest BCUT2D eigenvalue weighted by Crippen LogP contribution is -2.14. The standard InChI is InChI=1S/C14H14BrNO2/c1-8-4-5-18-13(8)14(17)16-12-9(2)6-11(15)7-10(12)3/h4-7H,1-3H3,(H,16,17). The summed E-state index contributed by atoms with van der Waals surface area (Å²) in [4.78, 5) is 12.1. The van der Waals surface area contributed by atoms with Gasteiger partial charge in [0.15, 0.2) is 5.76 Å². The molecule has 0 saturated heterocycles. The predicted octanol–water partition coefficient (Wildman–Crippen LogP) is 4.22. The number of halogens is 1. The topological polar surface area (TPSA) is 42.2 Å². The highest BCUT2D eigenvalue weighted by atomic mass is 79.9. The van der Waals surface area contributed by atoms with E-state index in [-0.39, 0.29) is 5.91 Å². The molecule has 2 aromatic rings. The Morgan fingerprint density at radius 1 is 1.17 bits per heavy atom. The molecule has 1 heterocycles. The largest absolute Gasteiger partial charge is 0.459 e. The van der Waals surface area contributed by atoms with E-state index in [9.17, 15) is 4.79 Å². The molecule has 0 aliphatic heterocycles. The molecule has 0 saturated carbocycles. The van der Waals surface area contributed by atoms with E-state index < -0.39 is 0 Å². The summed E-state index contributed by atoms with van der Waals surface area (Å²) in [5.41, 5.74) is 3.69. The molecule has 18 heavy (non-hydrogen) atoms. The van der Waals surface area contributed by atoms with Gasteiger partial charge in [-0.2, -0.15) is 0 Å². The molecule has 3 nitrogen and oxygen atoms in total. The lowest BCUT2D eigenvalue weighted by Gasteiger charge is -2.11. The molecule has 0 spiro atoms. The van der Waals surface area contributed by atoms with Gasteiger partial charge in [-0.25, -0.2) is 0 Å². The minimum Gasteiger partial charge on any atom is -0.459 e. The van der Waals surface area contributed by atoms with E-state index in [1.54, 1.807) is 6.07 Å². The van der Waals surface area contributed by atoms with Crippen molar-refractivity contribution in [1.82, 2.24) is 0 Å². The van der Waals surface area contributed by atoms with Crippen LogP contribution in [-0.2, 0) is 0 Å². The fourth-order valence-corrected chi connectivity index (χ4v) is 2.57. The van der Waals surface area contributed by atoms with Crippen molar-refractivity contribution in [3.05, 3.63) is 51.4 Å². The maximum absolute atomic E-state index is 12.1. The van der Waals surface area contributed by atoms with Gasteiger partial charge in [-0.15, -0.1) is 0 Å². The summed E-state index contributed by atoms with van der Waals surface area (Å²) < 4.78 is 6.18. The van der Waals surface area contributed by atoms with Gasteiger partial charge in [-0.05, 0) is 50.1 Å². The normalized spacial score (nSPS) is 10.4. The molecule has 0 aliphatic carbocycles. The van der Waals surface area contributed by atoms with Gasteiger partial charge in [0.25, 0.3) is 5.91 Å². The number of furan rings is 1. The van der Waals surface area contributed by atoms with Crippen LogP contribution in [0, 0.1) is 20.8 Å². The number of hydrogen-bond donors (Lipinski definition) is 1. The molecule has 0 fully saturated rings. The minimum atomic E-state index is -0.217. The number of nitrogens with one attached hydrogen (secondary N) is 1. The van der Waals surface area contributed by atoms with Gasteiger partial charge >= 0.3 is 0 Å². The van der Waals surface area contributed by atoms with E-state index in [4.69, 9.17) is 4.42 Å². The van der Waals surface area contributed by atoms with E-state index in [1.165, 1.54) is 6.26 Å². The van der Waals surface area contributed by atoms with Crippen molar-refractivity contribution in [3.8, 4) is 0 Å². The Morgan fingerprint density at radius 2 is 1.78 bits per heavy atom. The monoisotopic (exact) mass is 307 g/mol. The molecular formula is C14H14BrNO2. The summed E-state index contributed by atoms with van der Waals surface area (Å²) in [7, 11) is 0. The molecule has 0 aliphatic rings. The van der Waals surface area contributed by atoms with E-state index in [0.29, 0.717) is 5.76 Å². The van der Waals surface area contributed by atoms with Crippen LogP contribution in [0.5, 0.6) is 0 Å². The van der Waals surface area contributed by atoms with Crippen LogP contribution in [0.25, 0.3) is 0 Å². The average molecular weight is 308 g/mol. The van der Waals surface area contributed by atoms with E-state index in [2.05, 4.69) is 21.2 Å². The smallest absolute Gasteiger partial charge is 0.291 e. The molecule has 4 heteroatoms. The molecular weight excluding hydrogens is 294 g/mol. The first-order valence-corrected chi connectivity index (χ1v) is 6.40. The fourth-order valence-electron chi connectivity index (χ4n) is 1.88. The summed E-state index contributed by atoms with van der Waals surface area (Å²) in [5.74, 6) is 0.141. The maximum atomic E-state index is 12.1. The summed E-state index contributed by atoms with van der Waals surface area (Å²) >= 11 is 3.43. The van der Waals surface area contributed by atoms with Crippen molar-refractivity contribution in [2.45, 2.75) is 20.8 Å². The lowest BCUT2D eigenvalue weighted by molar-refractivity contribution is 0.0995. The van der Waals surface area contributed by atoms with Crippen LogP contribution in [0.1, 0.15) is 27.2 Å². The van der Waals surface area contributed by atoms with Gasteiger partial charge in [-0.1, -0.05) is 15.9 Å². The number of carbonyl (C=O) groups excluding carboxylic acids is 1. The SMILES string of the molecule is Cc1ccoc1C(=O)Nc1c(C)cc(Br)cc1C. The summed E-state index contributed by atoms with van der Waals surface area (Å²) in [6.07, 6.45) is 1.52. The third kappa shape index (κ3) is 2.48. The Hall–Kier alpha value is -1.55. The molecule has 1 N–H and O–H groups in total. The third-order valence-electron chi connectivity index (χ3n) is 2.80. The molecule has 0 atom stereocenters. The van der Waals surface area contributed by atoms with Crippen molar-refractivity contribution < 1.29 is 9.21 Å². The number of benzene rings is 1. The van der Waals surface area contributed by atoms with Crippen LogP contribution in [-0.4, -0.2) is 5.91 Å². The summed E-state index contributed by atoms with van der Waals surface area (Å²) in [6.45, 7) is 5.77. The second-order valence-electron chi connectivity index (χ2n) is 4.30. The summed E-state index contributed by atoms with van der Waals surface area (Å²) in [5, 5.41) is 2.90. The Bertz CT molecular complexity index is 579. The quantitative estimate of drug-likeness (QED) is 0.902. The lowest BCUT2D eigenvalue weighted by atomic mass is 10.1. The van der Waals surface area contributed by atoms with Gasteiger partial charge in [0.2, 0.25) is 0 Å². The zero-order chi connectivity index (χ0) is 13.3. The van der Waals surface area contributed by atoms with Crippen molar-refractivity contribution in [2.75, 3.05) is 5.32 Å². The Balaban J connectivity index is 2.31. The van der Waals surface area contributed by atoms with Gasteiger partial charge in [0.1, 0.15) is 0 Å². The Morgan fingerprint density at radius 3 is 2.28 bits per heavy atom. The number of aryl methyl sites for hydroxylation is 3. The maximum Gasteiger partial charge on any atom is 0.291 e. The van der Waals surface area contributed by atoms with E-state index in [1.807, 2.05) is 32.9 Å². The van der Waals surface area contributed by atoms with Crippen molar-refractivity contribution in [1.29, 1.82) is 0 Å². The highest BCUT2D eigenvalue weighted by Gasteiger charge is 2.15. The molecule has 2 rings (SSSR count). The van der Waals surface area contributed by atoms with Crippen LogP contribution in [0.15, 0.2) is 33.4 Å². The number of amides is 1. The molecule has 94 valence electrons. The predicted molar refractivity (Wildman–Crippen MR) is 75.0 cm³/mol. The second kappa shape index (κ2) is 4.98. The fraction of sp³-hybridized carbons (Fsp3) is 0.214. The van der Waals surface area contributed by atoms with Crippen LogP contribution in [0.3, 0.4) is 0 Å². The van der Waals surface area contributed by atoms with Crippen molar-refractivity contribution in [2.24, 2.45) is 0 Å². The molecule has 1 aromatic carbocycles. The first-order valence-electron chi connectivity index (χ1n) is 5.61. The molecule has 0 unspecified atom stereocenters. The first-order chi connectivity index (χ1) is 8.49. The van der Waals surface area contributed by atoms with Crippen molar-refractivity contribution in [3.63, 3.8) is 0 Å². The van der Waals surface area contributed by atoms with Crippen LogP contribution < -0.4 is 5.32 Å². The van der Waals surface area contributed by atoms with Crippen LogP contribution in [0.2, 0.25) is 0 Å². The van der Waals surface area contributed by atoms with Gasteiger partial charge in [0.05, 0.1) is 6.26 Å². The molecule has 0 radical (unpaired) electrons. The highest BCUT2D eigenvalue weighted by molar-refractivity contribution is 9.10.